The lowest BCUT2D eigenvalue weighted by atomic mass is 9.92. The molecule has 0 amide bonds. The summed E-state index contributed by atoms with van der Waals surface area (Å²) in [5, 5.41) is 11.3. The van der Waals surface area contributed by atoms with Gasteiger partial charge in [0.2, 0.25) is 0 Å². The zero-order valence-corrected chi connectivity index (χ0v) is 28.4. The molecule has 0 spiro atoms. The van der Waals surface area contributed by atoms with Gasteiger partial charge in [0.05, 0.1) is 22.2 Å². The van der Waals surface area contributed by atoms with Gasteiger partial charge in [-0.2, -0.15) is 0 Å². The van der Waals surface area contributed by atoms with Crippen molar-refractivity contribution in [1.82, 2.24) is 9.13 Å². The van der Waals surface area contributed by atoms with Crippen LogP contribution in [0.3, 0.4) is 0 Å². The van der Waals surface area contributed by atoms with E-state index in [9.17, 15) is 0 Å². The van der Waals surface area contributed by atoms with E-state index in [1.165, 1.54) is 87.4 Å². The summed E-state index contributed by atoms with van der Waals surface area (Å²) in [6.45, 7) is 0. The SMILES string of the molecule is c1ccc(-c2ccc3c4ccc(-n5c6ccccc6c6ccc7cc(-c8ccccc8)n(-c8ccccc8)c7c65)cc4c4ccccc4c3c2)cc1. The summed E-state index contributed by atoms with van der Waals surface area (Å²) in [7, 11) is 0. The average Bonchev–Trinajstić information content (AvgIpc) is 3.78. The number of para-hydroxylation sites is 2. The van der Waals surface area contributed by atoms with Crippen molar-refractivity contribution in [2.75, 3.05) is 0 Å². The van der Waals surface area contributed by atoms with Crippen LogP contribution in [0, 0.1) is 0 Å². The second-order valence-electron chi connectivity index (χ2n) is 13.7. The molecule has 0 unspecified atom stereocenters. The van der Waals surface area contributed by atoms with Gasteiger partial charge in [-0.05, 0) is 91.5 Å². The lowest BCUT2D eigenvalue weighted by Gasteiger charge is -2.16. The number of hydrogen-bond donors (Lipinski definition) is 0. The van der Waals surface area contributed by atoms with Gasteiger partial charge < -0.3 is 9.13 Å². The van der Waals surface area contributed by atoms with Crippen LogP contribution in [0.15, 0.2) is 194 Å². The second kappa shape index (κ2) is 11.3. The van der Waals surface area contributed by atoms with Gasteiger partial charge in [0.15, 0.2) is 0 Å². The number of rotatable bonds is 4. The highest BCUT2D eigenvalue weighted by atomic mass is 15.0. The summed E-state index contributed by atoms with van der Waals surface area (Å²) in [6.07, 6.45) is 0. The molecule has 2 aromatic heterocycles. The third-order valence-electron chi connectivity index (χ3n) is 10.9. The van der Waals surface area contributed by atoms with Crippen molar-refractivity contribution < 1.29 is 0 Å². The zero-order chi connectivity index (χ0) is 34.2. The third-order valence-corrected chi connectivity index (χ3v) is 10.9. The molecule has 0 saturated carbocycles. The predicted octanol–water partition coefficient (Wildman–Crippen LogP) is 13.5. The fourth-order valence-corrected chi connectivity index (χ4v) is 8.57. The second-order valence-corrected chi connectivity index (χ2v) is 13.7. The molecule has 0 aliphatic carbocycles. The summed E-state index contributed by atoms with van der Waals surface area (Å²) >= 11 is 0. The molecule has 0 radical (unpaired) electrons. The first kappa shape index (κ1) is 28.9. The minimum atomic E-state index is 1.14. The van der Waals surface area contributed by atoms with Crippen LogP contribution in [0.2, 0.25) is 0 Å². The van der Waals surface area contributed by atoms with Crippen LogP contribution in [0.5, 0.6) is 0 Å². The van der Waals surface area contributed by atoms with E-state index in [-0.39, 0.29) is 0 Å². The fourth-order valence-electron chi connectivity index (χ4n) is 8.57. The lowest BCUT2D eigenvalue weighted by Crippen LogP contribution is -2.00. The van der Waals surface area contributed by atoms with Gasteiger partial charge >= 0.3 is 0 Å². The molecule has 0 N–H and O–H groups in total. The molecule has 0 aliphatic heterocycles. The van der Waals surface area contributed by atoms with Crippen molar-refractivity contribution in [2.24, 2.45) is 0 Å². The first-order valence-electron chi connectivity index (χ1n) is 17.9. The minimum Gasteiger partial charge on any atom is -0.307 e. The molecule has 242 valence electrons. The Labute approximate surface area is 301 Å². The first-order chi connectivity index (χ1) is 25.8. The van der Waals surface area contributed by atoms with Crippen LogP contribution in [0.25, 0.3) is 98.8 Å². The highest BCUT2D eigenvalue weighted by molar-refractivity contribution is 6.26. The minimum absolute atomic E-state index is 1.14. The van der Waals surface area contributed by atoms with E-state index in [1.54, 1.807) is 0 Å². The predicted molar refractivity (Wildman–Crippen MR) is 221 cm³/mol. The summed E-state index contributed by atoms with van der Waals surface area (Å²) < 4.78 is 4.95. The number of benzene rings is 9. The summed E-state index contributed by atoms with van der Waals surface area (Å²) in [4.78, 5) is 0. The van der Waals surface area contributed by atoms with Crippen LogP contribution in [0.1, 0.15) is 0 Å². The Bertz CT molecular complexity index is 3130. The van der Waals surface area contributed by atoms with Crippen LogP contribution in [-0.4, -0.2) is 9.13 Å². The Kier molecular flexibility index (Phi) is 6.28. The number of aromatic nitrogens is 2. The van der Waals surface area contributed by atoms with Gasteiger partial charge in [0, 0.05) is 27.5 Å². The van der Waals surface area contributed by atoms with Crippen LogP contribution in [0.4, 0.5) is 0 Å². The van der Waals surface area contributed by atoms with Crippen molar-refractivity contribution in [3.8, 4) is 33.8 Å². The quantitative estimate of drug-likeness (QED) is 0.166. The molecule has 2 heteroatoms. The molecule has 0 saturated heterocycles. The molecule has 52 heavy (non-hydrogen) atoms. The number of hydrogen-bond acceptors (Lipinski definition) is 0. The largest absolute Gasteiger partial charge is 0.307 e. The molecule has 11 aromatic rings. The van der Waals surface area contributed by atoms with Crippen molar-refractivity contribution in [3.63, 3.8) is 0 Å². The highest BCUT2D eigenvalue weighted by Gasteiger charge is 2.21. The van der Waals surface area contributed by atoms with E-state index in [0.717, 1.165) is 11.4 Å². The Hall–Kier alpha value is -6.90. The number of nitrogens with zero attached hydrogens (tertiary/aromatic N) is 2. The van der Waals surface area contributed by atoms with Crippen LogP contribution < -0.4 is 0 Å². The maximum absolute atomic E-state index is 2.50. The fraction of sp³-hybridized carbons (Fsp3) is 0. The van der Waals surface area contributed by atoms with Crippen LogP contribution in [-0.2, 0) is 0 Å². The van der Waals surface area contributed by atoms with Gasteiger partial charge in [-0.1, -0.05) is 152 Å². The van der Waals surface area contributed by atoms with E-state index in [1.807, 2.05) is 0 Å². The number of fused-ring (bicyclic) bond motifs is 11. The maximum Gasteiger partial charge on any atom is 0.0788 e. The topological polar surface area (TPSA) is 9.86 Å². The molecule has 0 aliphatic rings. The molecule has 0 bridgehead atoms. The molecule has 9 aromatic carbocycles. The van der Waals surface area contributed by atoms with Crippen LogP contribution >= 0.6 is 0 Å². The molecular weight excluding hydrogens is 629 g/mol. The summed E-state index contributed by atoms with van der Waals surface area (Å²) in [6, 6.07) is 71.0. The Morgan fingerprint density at radius 1 is 0.269 bits per heavy atom. The smallest absolute Gasteiger partial charge is 0.0788 e. The molecule has 2 nitrogen and oxygen atoms in total. The molecule has 2 heterocycles. The maximum atomic E-state index is 2.50. The average molecular weight is 661 g/mol. The van der Waals surface area contributed by atoms with Gasteiger partial charge in [-0.3, -0.25) is 0 Å². The summed E-state index contributed by atoms with van der Waals surface area (Å²) in [5.41, 5.74) is 10.7. The Morgan fingerprint density at radius 3 is 1.56 bits per heavy atom. The van der Waals surface area contributed by atoms with Crippen molar-refractivity contribution in [2.45, 2.75) is 0 Å². The van der Waals surface area contributed by atoms with Gasteiger partial charge in [0.25, 0.3) is 0 Å². The normalized spacial score (nSPS) is 11.8. The lowest BCUT2D eigenvalue weighted by molar-refractivity contribution is 1.12. The van der Waals surface area contributed by atoms with Gasteiger partial charge in [0.1, 0.15) is 0 Å². The van der Waals surface area contributed by atoms with Crippen molar-refractivity contribution in [1.29, 1.82) is 0 Å². The van der Waals surface area contributed by atoms with Gasteiger partial charge in [-0.25, -0.2) is 0 Å². The van der Waals surface area contributed by atoms with Gasteiger partial charge in [-0.15, -0.1) is 0 Å². The zero-order valence-electron chi connectivity index (χ0n) is 28.4. The highest BCUT2D eigenvalue weighted by Crippen LogP contribution is 2.43. The molecule has 0 atom stereocenters. The van der Waals surface area contributed by atoms with E-state index in [0.29, 0.717) is 0 Å². The third kappa shape index (κ3) is 4.25. The molecule has 0 fully saturated rings. The first-order valence-corrected chi connectivity index (χ1v) is 17.9. The molecule has 11 rings (SSSR count). The van der Waals surface area contributed by atoms with E-state index in [4.69, 9.17) is 0 Å². The van der Waals surface area contributed by atoms with Crippen molar-refractivity contribution in [3.05, 3.63) is 194 Å². The van der Waals surface area contributed by atoms with E-state index < -0.39 is 0 Å². The van der Waals surface area contributed by atoms with Crippen molar-refractivity contribution >= 4 is 65.0 Å². The monoisotopic (exact) mass is 660 g/mol. The standard InChI is InChI=1S/C50H32N2/c1-4-14-33(15-5-1)35-24-27-41-42-29-26-38(32-46(42)40-21-11-10-20-39(40)45(41)30-35)52-47-23-13-12-22-43(47)44-28-25-36-31-48(34-16-6-2-7-17-34)51(49(36)50(44)52)37-18-8-3-9-19-37/h1-32H. The summed E-state index contributed by atoms with van der Waals surface area (Å²) in [5.74, 6) is 0. The van der Waals surface area contributed by atoms with E-state index in [2.05, 4.69) is 203 Å². The Morgan fingerprint density at radius 2 is 0.827 bits per heavy atom. The Balaban J connectivity index is 1.25. The molecular formula is C50H32N2. The van der Waals surface area contributed by atoms with E-state index >= 15 is 0 Å².